The Bertz CT molecular complexity index is 748. The molecular formula is C14H16F3N7O2. The van der Waals surface area contributed by atoms with Crippen LogP contribution in [0.1, 0.15) is 5.82 Å². The Morgan fingerprint density at radius 3 is 2.27 bits per heavy atom. The number of carbonyl (C=O) groups is 1. The van der Waals surface area contributed by atoms with Crippen molar-refractivity contribution >= 4 is 23.5 Å². The minimum Gasteiger partial charge on any atom is -0.406 e. The molecule has 0 aliphatic rings. The number of nitrogen functional groups attached to an aromatic ring is 2. The summed E-state index contributed by atoms with van der Waals surface area (Å²) in [6, 6.07) is 4.80. The van der Waals surface area contributed by atoms with Gasteiger partial charge in [0.25, 0.3) is 0 Å². The lowest BCUT2D eigenvalue weighted by molar-refractivity contribution is -0.274. The van der Waals surface area contributed by atoms with E-state index in [0.29, 0.717) is 11.5 Å². The number of likely N-dealkylation sites (N-methyl/N-ethyl adjacent to an activating group) is 1. The normalized spacial score (nSPS) is 11.4. The first-order valence-electron chi connectivity index (χ1n) is 7.21. The molecule has 1 heterocycles. The number of aromatic nitrogens is 3. The summed E-state index contributed by atoms with van der Waals surface area (Å²) < 4.78 is 40.0. The molecule has 0 radical (unpaired) electrons. The van der Waals surface area contributed by atoms with Gasteiger partial charge in [-0.3, -0.25) is 9.69 Å². The predicted octanol–water partition coefficient (Wildman–Crippen LogP) is 1.01. The van der Waals surface area contributed by atoms with E-state index in [1.54, 1.807) is 11.9 Å². The number of nitrogens with zero attached hydrogens (tertiary/aromatic N) is 4. The third-order valence-corrected chi connectivity index (χ3v) is 2.91. The zero-order valence-corrected chi connectivity index (χ0v) is 13.6. The number of amides is 1. The van der Waals surface area contributed by atoms with Gasteiger partial charge in [-0.1, -0.05) is 0 Å². The standard InChI is InChI=1S/C14H16F3N7O2/c1-24(6-10-21-12(18)23-13(19)22-10)7-11(25)20-8-2-4-9(5-3-8)26-14(15,16)17/h2-5H,6-7H2,1H3,(H,20,25)(H4,18,19,21,22,23). The van der Waals surface area contributed by atoms with Crippen molar-refractivity contribution in [1.29, 1.82) is 0 Å². The number of anilines is 3. The number of hydrogen-bond donors (Lipinski definition) is 3. The molecule has 0 saturated carbocycles. The van der Waals surface area contributed by atoms with Crippen molar-refractivity contribution < 1.29 is 22.7 Å². The van der Waals surface area contributed by atoms with Gasteiger partial charge in [0.15, 0.2) is 0 Å². The number of nitrogens with one attached hydrogen (secondary N) is 1. The number of nitrogens with two attached hydrogens (primary N) is 2. The van der Waals surface area contributed by atoms with Gasteiger partial charge in [0, 0.05) is 5.69 Å². The first-order valence-corrected chi connectivity index (χ1v) is 7.21. The maximum Gasteiger partial charge on any atom is 0.573 e. The molecule has 0 unspecified atom stereocenters. The molecule has 26 heavy (non-hydrogen) atoms. The molecule has 1 amide bonds. The van der Waals surface area contributed by atoms with Crippen molar-refractivity contribution in [1.82, 2.24) is 19.9 Å². The van der Waals surface area contributed by atoms with Crippen LogP contribution >= 0.6 is 0 Å². The average Bonchev–Trinajstić information content (AvgIpc) is 2.46. The summed E-state index contributed by atoms with van der Waals surface area (Å²) in [5.41, 5.74) is 11.3. The van der Waals surface area contributed by atoms with E-state index in [4.69, 9.17) is 11.5 Å². The van der Waals surface area contributed by atoms with E-state index in [0.717, 1.165) is 12.1 Å². The van der Waals surface area contributed by atoms with Gasteiger partial charge in [0.05, 0.1) is 13.1 Å². The number of ether oxygens (including phenoxy) is 1. The second-order valence-corrected chi connectivity index (χ2v) is 5.26. The van der Waals surface area contributed by atoms with Gasteiger partial charge in [-0.15, -0.1) is 13.2 Å². The summed E-state index contributed by atoms with van der Waals surface area (Å²) in [6.07, 6.45) is -4.77. The van der Waals surface area contributed by atoms with Crippen LogP contribution in [0.4, 0.5) is 30.8 Å². The van der Waals surface area contributed by atoms with Gasteiger partial charge >= 0.3 is 6.36 Å². The van der Waals surface area contributed by atoms with Gasteiger partial charge in [0.1, 0.15) is 11.6 Å². The van der Waals surface area contributed by atoms with Gasteiger partial charge in [-0.2, -0.15) is 15.0 Å². The molecule has 1 aromatic carbocycles. The Morgan fingerprint density at radius 2 is 1.73 bits per heavy atom. The lowest BCUT2D eigenvalue weighted by Crippen LogP contribution is -2.30. The monoisotopic (exact) mass is 371 g/mol. The molecule has 0 bridgehead atoms. The quantitative estimate of drug-likeness (QED) is 0.685. The Labute approximate surface area is 146 Å². The number of benzene rings is 1. The Balaban J connectivity index is 1.87. The maximum atomic E-state index is 12.1. The van der Waals surface area contributed by atoms with E-state index in [1.807, 2.05) is 0 Å². The van der Waals surface area contributed by atoms with Gasteiger partial charge < -0.3 is 21.5 Å². The van der Waals surface area contributed by atoms with Crippen LogP contribution in [0.15, 0.2) is 24.3 Å². The highest BCUT2D eigenvalue weighted by Gasteiger charge is 2.30. The zero-order chi connectivity index (χ0) is 19.3. The lowest BCUT2D eigenvalue weighted by Gasteiger charge is -2.15. The Hall–Kier alpha value is -3.15. The van der Waals surface area contributed by atoms with Gasteiger partial charge in [0.2, 0.25) is 17.8 Å². The minimum absolute atomic E-state index is 0.0215. The highest BCUT2D eigenvalue weighted by molar-refractivity contribution is 5.92. The molecule has 0 spiro atoms. The minimum atomic E-state index is -4.77. The van der Waals surface area contributed by atoms with Gasteiger partial charge in [-0.25, -0.2) is 0 Å². The van der Waals surface area contributed by atoms with E-state index in [-0.39, 0.29) is 36.6 Å². The van der Waals surface area contributed by atoms with Crippen molar-refractivity contribution in [2.45, 2.75) is 12.9 Å². The second-order valence-electron chi connectivity index (χ2n) is 5.26. The fourth-order valence-electron chi connectivity index (χ4n) is 2.01. The summed E-state index contributed by atoms with van der Waals surface area (Å²) in [7, 11) is 1.65. The average molecular weight is 371 g/mol. The van der Waals surface area contributed by atoms with Crippen molar-refractivity contribution in [3.05, 3.63) is 30.1 Å². The largest absolute Gasteiger partial charge is 0.573 e. The third-order valence-electron chi connectivity index (χ3n) is 2.91. The van der Waals surface area contributed by atoms with Crippen molar-refractivity contribution in [2.24, 2.45) is 0 Å². The molecule has 0 atom stereocenters. The van der Waals surface area contributed by atoms with Crippen LogP contribution in [0.5, 0.6) is 5.75 Å². The molecule has 2 aromatic rings. The fourth-order valence-corrected chi connectivity index (χ4v) is 2.01. The van der Waals surface area contributed by atoms with E-state index in [1.165, 1.54) is 12.1 Å². The van der Waals surface area contributed by atoms with Crippen molar-refractivity contribution in [2.75, 3.05) is 30.4 Å². The van der Waals surface area contributed by atoms with Gasteiger partial charge in [-0.05, 0) is 31.3 Å². The molecule has 0 aliphatic carbocycles. The molecule has 140 valence electrons. The smallest absolute Gasteiger partial charge is 0.406 e. The fraction of sp³-hybridized carbons (Fsp3) is 0.286. The van der Waals surface area contributed by atoms with Crippen LogP contribution in [0.2, 0.25) is 0 Å². The molecule has 0 saturated heterocycles. The van der Waals surface area contributed by atoms with E-state index >= 15 is 0 Å². The topological polar surface area (TPSA) is 132 Å². The first kappa shape index (κ1) is 19.2. The molecule has 9 nitrogen and oxygen atoms in total. The highest BCUT2D eigenvalue weighted by atomic mass is 19.4. The summed E-state index contributed by atoms with van der Waals surface area (Å²) in [5, 5.41) is 2.55. The Morgan fingerprint density at radius 1 is 1.15 bits per heavy atom. The molecule has 12 heteroatoms. The molecule has 5 N–H and O–H groups in total. The van der Waals surface area contributed by atoms with Crippen LogP contribution in [0, 0.1) is 0 Å². The van der Waals surface area contributed by atoms with Crippen molar-refractivity contribution in [3.8, 4) is 5.75 Å². The van der Waals surface area contributed by atoms with Crippen molar-refractivity contribution in [3.63, 3.8) is 0 Å². The lowest BCUT2D eigenvalue weighted by atomic mass is 10.3. The molecule has 1 aromatic heterocycles. The number of hydrogen-bond acceptors (Lipinski definition) is 8. The second kappa shape index (κ2) is 7.82. The zero-order valence-electron chi connectivity index (χ0n) is 13.6. The molecule has 0 fully saturated rings. The first-order chi connectivity index (χ1) is 12.1. The highest BCUT2D eigenvalue weighted by Crippen LogP contribution is 2.23. The molecule has 2 rings (SSSR count). The number of rotatable bonds is 6. The molecular weight excluding hydrogens is 355 g/mol. The van der Waals surface area contributed by atoms with Crippen LogP contribution in [0.3, 0.4) is 0 Å². The van der Waals surface area contributed by atoms with E-state index in [2.05, 4.69) is 25.0 Å². The SMILES string of the molecule is CN(CC(=O)Nc1ccc(OC(F)(F)F)cc1)Cc1nc(N)nc(N)n1. The maximum absolute atomic E-state index is 12.1. The molecule has 0 aliphatic heterocycles. The van der Waals surface area contributed by atoms with Crippen LogP contribution in [-0.2, 0) is 11.3 Å². The summed E-state index contributed by atoms with van der Waals surface area (Å²) in [5.74, 6) is -0.499. The number of carbonyl (C=O) groups excluding carboxylic acids is 1. The van der Waals surface area contributed by atoms with Crippen LogP contribution < -0.4 is 21.5 Å². The summed E-state index contributed by atoms with van der Waals surface area (Å²) in [6.45, 7) is 0.176. The van der Waals surface area contributed by atoms with Crippen LogP contribution in [0.25, 0.3) is 0 Å². The van der Waals surface area contributed by atoms with Crippen LogP contribution in [-0.4, -0.2) is 45.7 Å². The summed E-state index contributed by atoms with van der Waals surface area (Å²) >= 11 is 0. The van der Waals surface area contributed by atoms with E-state index < -0.39 is 6.36 Å². The number of alkyl halides is 3. The predicted molar refractivity (Wildman–Crippen MR) is 86.7 cm³/mol. The van der Waals surface area contributed by atoms with E-state index in [9.17, 15) is 18.0 Å². The Kier molecular flexibility index (Phi) is 5.77. The summed E-state index contributed by atoms with van der Waals surface area (Å²) in [4.78, 5) is 25.0. The number of halogens is 3. The third kappa shape index (κ3) is 6.39.